The van der Waals surface area contributed by atoms with E-state index in [4.69, 9.17) is 4.74 Å². The summed E-state index contributed by atoms with van der Waals surface area (Å²) < 4.78 is 5.77. The number of rotatable bonds is 4. The average Bonchev–Trinajstić information content (AvgIpc) is 2.56. The molecule has 5 heteroatoms. The van der Waals surface area contributed by atoms with Gasteiger partial charge >= 0.3 is 5.97 Å². The van der Waals surface area contributed by atoms with Gasteiger partial charge in [-0.25, -0.2) is 4.79 Å². The van der Waals surface area contributed by atoms with Crippen LogP contribution in [0.25, 0.3) is 10.9 Å². The molecule has 1 heterocycles. The highest BCUT2D eigenvalue weighted by atomic mass is 16.5. The van der Waals surface area contributed by atoms with Gasteiger partial charge in [-0.15, -0.1) is 0 Å². The number of carbonyl (C=O) groups is 1. The average molecular weight is 309 g/mol. The Balaban J connectivity index is 2.07. The van der Waals surface area contributed by atoms with Crippen molar-refractivity contribution < 1.29 is 14.6 Å². The minimum atomic E-state index is -1.17. The van der Waals surface area contributed by atoms with Crippen LogP contribution in [0.5, 0.6) is 5.75 Å². The van der Waals surface area contributed by atoms with E-state index in [1.807, 2.05) is 30.3 Å². The van der Waals surface area contributed by atoms with Crippen molar-refractivity contribution in [3.05, 3.63) is 75.6 Å². The summed E-state index contributed by atoms with van der Waals surface area (Å²) in [5, 5.41) is 9.65. The van der Waals surface area contributed by atoms with Crippen LogP contribution >= 0.6 is 0 Å². The number of pyridine rings is 1. The lowest BCUT2D eigenvalue weighted by atomic mass is 10.1. The monoisotopic (exact) mass is 309 g/mol. The van der Waals surface area contributed by atoms with E-state index in [0.29, 0.717) is 23.3 Å². The molecule has 0 spiro atoms. The van der Waals surface area contributed by atoms with Crippen molar-refractivity contribution in [2.75, 3.05) is 0 Å². The summed E-state index contributed by atoms with van der Waals surface area (Å²) in [6.07, 6.45) is 0. The molecule has 0 unspecified atom stereocenters. The summed E-state index contributed by atoms with van der Waals surface area (Å²) in [6.45, 7) is 1.83. The van der Waals surface area contributed by atoms with Gasteiger partial charge < -0.3 is 14.8 Å². The number of carboxylic acids is 1. The summed E-state index contributed by atoms with van der Waals surface area (Å²) in [6, 6.07) is 14.7. The van der Waals surface area contributed by atoms with Crippen LogP contribution in [0.3, 0.4) is 0 Å². The molecule has 0 bridgehead atoms. The maximum atomic E-state index is 12.3. The van der Waals surface area contributed by atoms with Crippen LogP contribution in [0.2, 0.25) is 0 Å². The Hall–Kier alpha value is -3.08. The number of aromatic nitrogens is 1. The molecule has 0 atom stereocenters. The number of aromatic carboxylic acids is 1. The number of hydrogen-bond acceptors (Lipinski definition) is 3. The fourth-order valence-electron chi connectivity index (χ4n) is 2.45. The Morgan fingerprint density at radius 2 is 1.87 bits per heavy atom. The maximum Gasteiger partial charge on any atom is 0.352 e. The standard InChI is InChI=1S/C18H15NO4/c1-11-15(18(21)22)19-16-13(17(11)20)8-5-9-14(16)23-10-12-6-3-2-4-7-12/h2-9H,10H2,1H3,(H,19,20)(H,21,22). The molecule has 2 N–H and O–H groups in total. The van der Waals surface area contributed by atoms with E-state index in [0.717, 1.165) is 5.56 Å². The summed E-state index contributed by atoms with van der Waals surface area (Å²) >= 11 is 0. The van der Waals surface area contributed by atoms with E-state index in [-0.39, 0.29) is 16.7 Å². The van der Waals surface area contributed by atoms with Crippen LogP contribution in [0.15, 0.2) is 53.3 Å². The number of nitrogens with one attached hydrogen (secondary N) is 1. The molecule has 0 aliphatic rings. The fourth-order valence-corrected chi connectivity index (χ4v) is 2.45. The quantitative estimate of drug-likeness (QED) is 0.776. The Bertz CT molecular complexity index is 929. The number of ether oxygens (including phenoxy) is 1. The predicted octanol–water partition coefficient (Wildman–Crippen LogP) is 3.11. The lowest BCUT2D eigenvalue weighted by Gasteiger charge is -2.11. The first kappa shape index (κ1) is 14.8. The molecule has 0 amide bonds. The first-order chi connectivity index (χ1) is 11.1. The second kappa shape index (κ2) is 5.96. The van der Waals surface area contributed by atoms with Crippen LogP contribution in [0, 0.1) is 6.92 Å². The van der Waals surface area contributed by atoms with Crippen molar-refractivity contribution in [3.63, 3.8) is 0 Å². The van der Waals surface area contributed by atoms with E-state index < -0.39 is 5.97 Å². The molecule has 0 saturated carbocycles. The van der Waals surface area contributed by atoms with Crippen molar-refractivity contribution >= 4 is 16.9 Å². The molecule has 3 rings (SSSR count). The normalized spacial score (nSPS) is 10.7. The zero-order chi connectivity index (χ0) is 16.4. The molecule has 0 radical (unpaired) electrons. The highest BCUT2D eigenvalue weighted by Gasteiger charge is 2.15. The van der Waals surface area contributed by atoms with Crippen molar-refractivity contribution in [2.24, 2.45) is 0 Å². The van der Waals surface area contributed by atoms with Gasteiger partial charge in [0.15, 0.2) is 5.43 Å². The van der Waals surface area contributed by atoms with Gasteiger partial charge in [-0.2, -0.15) is 0 Å². The Kier molecular flexibility index (Phi) is 3.85. The molecule has 0 saturated heterocycles. The van der Waals surface area contributed by atoms with Crippen molar-refractivity contribution in [3.8, 4) is 5.75 Å². The van der Waals surface area contributed by atoms with Crippen molar-refractivity contribution in [2.45, 2.75) is 13.5 Å². The first-order valence-electron chi connectivity index (χ1n) is 7.13. The Morgan fingerprint density at radius 1 is 1.13 bits per heavy atom. The minimum Gasteiger partial charge on any atom is -0.487 e. The van der Waals surface area contributed by atoms with Gasteiger partial charge in [-0.3, -0.25) is 4.79 Å². The molecular weight excluding hydrogens is 294 g/mol. The molecule has 0 aliphatic heterocycles. The Morgan fingerprint density at radius 3 is 2.57 bits per heavy atom. The third kappa shape index (κ3) is 2.81. The zero-order valence-electron chi connectivity index (χ0n) is 12.5. The smallest absolute Gasteiger partial charge is 0.352 e. The number of benzene rings is 2. The van der Waals surface area contributed by atoms with Crippen molar-refractivity contribution in [1.82, 2.24) is 4.98 Å². The second-order valence-corrected chi connectivity index (χ2v) is 5.21. The molecule has 5 nitrogen and oxygen atoms in total. The minimum absolute atomic E-state index is 0.113. The number of fused-ring (bicyclic) bond motifs is 1. The first-order valence-corrected chi connectivity index (χ1v) is 7.13. The number of H-pyrrole nitrogens is 1. The lowest BCUT2D eigenvalue weighted by Crippen LogP contribution is -2.15. The van der Waals surface area contributed by atoms with E-state index in [9.17, 15) is 14.7 Å². The third-order valence-electron chi connectivity index (χ3n) is 3.69. The molecule has 1 aromatic heterocycles. The summed E-state index contributed by atoms with van der Waals surface area (Å²) in [4.78, 5) is 26.5. The molecule has 0 fully saturated rings. The molecular formula is C18H15NO4. The predicted molar refractivity (Wildman–Crippen MR) is 87.0 cm³/mol. The lowest BCUT2D eigenvalue weighted by molar-refractivity contribution is 0.0690. The summed E-state index contributed by atoms with van der Waals surface area (Å²) in [5.41, 5.74) is 1.15. The number of carboxylic acid groups (broad SMARTS) is 1. The zero-order valence-corrected chi connectivity index (χ0v) is 12.5. The van der Waals surface area contributed by atoms with Gasteiger partial charge in [0.25, 0.3) is 0 Å². The van der Waals surface area contributed by atoms with Crippen LogP contribution in [-0.4, -0.2) is 16.1 Å². The highest BCUT2D eigenvalue weighted by molar-refractivity contribution is 5.93. The molecule has 2 aromatic carbocycles. The van der Waals surface area contributed by atoms with Crippen LogP contribution in [0.1, 0.15) is 21.6 Å². The Labute approximate surface area is 132 Å². The van der Waals surface area contributed by atoms with E-state index >= 15 is 0 Å². The maximum absolute atomic E-state index is 12.3. The molecule has 3 aromatic rings. The molecule has 116 valence electrons. The van der Waals surface area contributed by atoms with Gasteiger partial charge in [0, 0.05) is 10.9 Å². The van der Waals surface area contributed by atoms with Crippen molar-refractivity contribution in [1.29, 1.82) is 0 Å². The van der Waals surface area contributed by atoms with Crippen LogP contribution in [0.4, 0.5) is 0 Å². The number of para-hydroxylation sites is 1. The van der Waals surface area contributed by atoms with E-state index in [1.54, 1.807) is 18.2 Å². The highest BCUT2D eigenvalue weighted by Crippen LogP contribution is 2.24. The second-order valence-electron chi connectivity index (χ2n) is 5.21. The van der Waals surface area contributed by atoms with E-state index in [2.05, 4.69) is 4.98 Å². The van der Waals surface area contributed by atoms with Crippen LogP contribution in [-0.2, 0) is 6.61 Å². The van der Waals surface area contributed by atoms with E-state index in [1.165, 1.54) is 6.92 Å². The van der Waals surface area contributed by atoms with Gasteiger partial charge in [-0.05, 0) is 24.6 Å². The molecule has 0 aliphatic carbocycles. The number of aromatic amines is 1. The largest absolute Gasteiger partial charge is 0.487 e. The third-order valence-corrected chi connectivity index (χ3v) is 3.69. The van der Waals surface area contributed by atoms with Gasteiger partial charge in [0.05, 0.1) is 5.52 Å². The summed E-state index contributed by atoms with van der Waals surface area (Å²) in [5.74, 6) is -0.717. The topological polar surface area (TPSA) is 79.4 Å². The van der Waals surface area contributed by atoms with Gasteiger partial charge in [0.2, 0.25) is 0 Å². The number of hydrogen-bond donors (Lipinski definition) is 2. The summed E-state index contributed by atoms with van der Waals surface area (Å²) in [7, 11) is 0. The van der Waals surface area contributed by atoms with Gasteiger partial charge in [-0.1, -0.05) is 36.4 Å². The SMILES string of the molecule is Cc1c(C(=O)O)[nH]c2c(OCc3ccccc3)cccc2c1=O. The molecule has 23 heavy (non-hydrogen) atoms. The fraction of sp³-hybridized carbons (Fsp3) is 0.111. The van der Waals surface area contributed by atoms with Crippen LogP contribution < -0.4 is 10.2 Å². The van der Waals surface area contributed by atoms with Gasteiger partial charge in [0.1, 0.15) is 18.1 Å².